The van der Waals surface area contributed by atoms with Crippen molar-refractivity contribution in [1.29, 1.82) is 0 Å². The Bertz CT molecular complexity index is 424. The quantitative estimate of drug-likeness (QED) is 0.589. The molecule has 0 spiro atoms. The zero-order valence-electron chi connectivity index (χ0n) is 6.17. The average Bonchev–Trinajstić information content (AvgIpc) is 2.54. The van der Waals surface area contributed by atoms with Gasteiger partial charge < -0.3 is 5.21 Å². The minimum atomic E-state index is -0.00312. The minimum Gasteiger partial charge on any atom is -0.411 e. The third-order valence-electron chi connectivity index (χ3n) is 1.84. The van der Waals surface area contributed by atoms with E-state index in [2.05, 4.69) is 37.0 Å². The lowest BCUT2D eigenvalue weighted by molar-refractivity contribution is 0.100. The molecule has 0 saturated heterocycles. The highest BCUT2D eigenvalue weighted by Gasteiger charge is 2.32. The number of oxime groups is 1. The molecule has 1 aromatic rings. The van der Waals surface area contributed by atoms with Crippen LogP contribution in [0.3, 0.4) is 0 Å². The molecule has 1 aliphatic rings. The molecule has 1 aliphatic carbocycles. The maximum absolute atomic E-state index is 11.4. The lowest BCUT2D eigenvalue weighted by Gasteiger charge is -1.90. The van der Waals surface area contributed by atoms with Crippen molar-refractivity contribution in [1.82, 2.24) is 0 Å². The molecule has 2 rings (SSSR count). The van der Waals surface area contributed by atoms with Crippen molar-refractivity contribution < 1.29 is 10.0 Å². The van der Waals surface area contributed by atoms with E-state index >= 15 is 0 Å². The number of ketones is 1. The number of thiophene rings is 1. The number of rotatable bonds is 0. The average molecular weight is 325 g/mol. The molecule has 1 aromatic heterocycles. The van der Waals surface area contributed by atoms with Gasteiger partial charge in [-0.3, -0.25) is 4.79 Å². The van der Waals surface area contributed by atoms with Crippen LogP contribution in [0.2, 0.25) is 0 Å². The molecule has 0 radical (unpaired) electrons. The molecule has 3 nitrogen and oxygen atoms in total. The summed E-state index contributed by atoms with van der Waals surface area (Å²) in [6, 6.07) is 0. The van der Waals surface area contributed by atoms with Crippen molar-refractivity contribution in [2.45, 2.75) is 6.42 Å². The normalized spacial score (nSPS) is 18.3. The van der Waals surface area contributed by atoms with Crippen molar-refractivity contribution in [3.8, 4) is 0 Å². The van der Waals surface area contributed by atoms with Crippen LogP contribution in [0.25, 0.3) is 0 Å². The van der Waals surface area contributed by atoms with Crippen LogP contribution >= 0.6 is 43.2 Å². The Kier molecular flexibility index (Phi) is 2.29. The number of carbonyl (C=O) groups excluding carboxylic acids is 1. The third kappa shape index (κ3) is 1.28. The summed E-state index contributed by atoms with van der Waals surface area (Å²) in [5, 5.41) is 11.8. The molecule has 1 heterocycles. The summed E-state index contributed by atoms with van der Waals surface area (Å²) in [7, 11) is 0. The van der Waals surface area contributed by atoms with Crippen LogP contribution < -0.4 is 0 Å². The van der Waals surface area contributed by atoms with E-state index in [1.54, 1.807) is 0 Å². The Morgan fingerprint density at radius 2 is 1.92 bits per heavy atom. The van der Waals surface area contributed by atoms with Crippen LogP contribution in [-0.2, 0) is 0 Å². The first kappa shape index (κ1) is 9.36. The van der Waals surface area contributed by atoms with Gasteiger partial charge in [-0.25, -0.2) is 0 Å². The number of carbonyl (C=O) groups is 1. The minimum absolute atomic E-state index is 0.00312. The molecule has 0 amide bonds. The van der Waals surface area contributed by atoms with Gasteiger partial charge in [0.05, 0.1) is 25.3 Å². The lowest BCUT2D eigenvalue weighted by Crippen LogP contribution is -1.95. The summed E-state index contributed by atoms with van der Waals surface area (Å²) in [4.78, 5) is 11.4. The Morgan fingerprint density at radius 1 is 1.31 bits per heavy atom. The molecule has 0 saturated carbocycles. The Hall–Kier alpha value is -0.200. The molecule has 1 N–H and O–H groups in total. The molecule has 0 unspecified atom stereocenters. The molecule has 6 heteroatoms. The fraction of sp³-hybridized carbons (Fsp3) is 0.143. The standard InChI is InChI=1S/C7H3Br2NO2S/c8-6-4-2(10-12)1-3(11)5(4)7(9)13-6/h12H,1H2. The Balaban J connectivity index is 2.74. The second kappa shape index (κ2) is 3.18. The highest BCUT2D eigenvalue weighted by atomic mass is 79.9. The van der Waals surface area contributed by atoms with Gasteiger partial charge in [0.25, 0.3) is 0 Å². The maximum atomic E-state index is 11.4. The van der Waals surface area contributed by atoms with Gasteiger partial charge in [-0.05, 0) is 31.9 Å². The van der Waals surface area contributed by atoms with Crippen LogP contribution in [0, 0.1) is 0 Å². The van der Waals surface area contributed by atoms with Crippen LogP contribution in [0.5, 0.6) is 0 Å². The number of hydrogen-bond donors (Lipinski definition) is 1. The molecular formula is C7H3Br2NO2S. The molecule has 0 atom stereocenters. The SMILES string of the molecule is O=C1CC(=NO)c2c(Br)sc(Br)c21. The van der Waals surface area contributed by atoms with E-state index in [1.807, 2.05) is 0 Å². The summed E-state index contributed by atoms with van der Waals surface area (Å²) in [6.07, 6.45) is 0.186. The smallest absolute Gasteiger partial charge is 0.171 e. The summed E-state index contributed by atoms with van der Waals surface area (Å²) >= 11 is 8.03. The van der Waals surface area contributed by atoms with Crippen molar-refractivity contribution in [2.75, 3.05) is 0 Å². The van der Waals surface area contributed by atoms with Crippen molar-refractivity contribution in [3.63, 3.8) is 0 Å². The number of nitrogens with zero attached hydrogens (tertiary/aromatic N) is 1. The molecule has 0 aromatic carbocycles. The first-order valence-electron chi connectivity index (χ1n) is 3.37. The number of fused-ring (bicyclic) bond motifs is 1. The molecule has 0 bridgehead atoms. The second-order valence-electron chi connectivity index (χ2n) is 2.55. The lowest BCUT2D eigenvalue weighted by atomic mass is 10.2. The van der Waals surface area contributed by atoms with Gasteiger partial charge in [0, 0.05) is 5.56 Å². The van der Waals surface area contributed by atoms with E-state index in [9.17, 15) is 4.79 Å². The van der Waals surface area contributed by atoms with Gasteiger partial charge in [-0.1, -0.05) is 5.16 Å². The predicted octanol–water partition coefficient (Wildman–Crippen LogP) is 3.04. The topological polar surface area (TPSA) is 49.7 Å². The van der Waals surface area contributed by atoms with Crippen molar-refractivity contribution >= 4 is 54.7 Å². The monoisotopic (exact) mass is 323 g/mol. The van der Waals surface area contributed by atoms with Gasteiger partial charge in [-0.15, -0.1) is 11.3 Å². The number of hydrogen-bond acceptors (Lipinski definition) is 4. The summed E-state index contributed by atoms with van der Waals surface area (Å²) < 4.78 is 1.62. The predicted molar refractivity (Wildman–Crippen MR) is 57.0 cm³/mol. The van der Waals surface area contributed by atoms with Gasteiger partial charge in [-0.2, -0.15) is 0 Å². The fourth-order valence-corrected chi connectivity index (χ4v) is 4.56. The van der Waals surface area contributed by atoms with Gasteiger partial charge >= 0.3 is 0 Å². The van der Waals surface area contributed by atoms with E-state index in [4.69, 9.17) is 5.21 Å². The van der Waals surface area contributed by atoms with Gasteiger partial charge in [0.1, 0.15) is 0 Å². The Morgan fingerprint density at radius 3 is 2.54 bits per heavy atom. The fourth-order valence-electron chi connectivity index (χ4n) is 1.30. The zero-order chi connectivity index (χ0) is 9.59. The maximum Gasteiger partial charge on any atom is 0.171 e. The molecule has 0 aliphatic heterocycles. The summed E-state index contributed by atoms with van der Waals surface area (Å²) in [5.74, 6) is -0.00312. The molecular weight excluding hydrogens is 322 g/mol. The summed E-state index contributed by atoms with van der Waals surface area (Å²) in [5.41, 5.74) is 1.79. The molecule has 68 valence electrons. The van der Waals surface area contributed by atoms with Crippen LogP contribution in [0.1, 0.15) is 22.3 Å². The third-order valence-corrected chi connectivity index (χ3v) is 4.37. The highest BCUT2D eigenvalue weighted by Crippen LogP contribution is 2.41. The largest absolute Gasteiger partial charge is 0.411 e. The van der Waals surface area contributed by atoms with E-state index in [0.29, 0.717) is 11.3 Å². The number of Topliss-reactive ketones (excluding diaryl/α,β-unsaturated/α-hetero) is 1. The van der Waals surface area contributed by atoms with Crippen LogP contribution in [-0.4, -0.2) is 16.7 Å². The van der Waals surface area contributed by atoms with E-state index in [0.717, 1.165) is 13.1 Å². The first-order chi connectivity index (χ1) is 6.15. The molecule has 0 fully saturated rings. The van der Waals surface area contributed by atoms with Crippen molar-refractivity contribution in [2.24, 2.45) is 5.16 Å². The van der Waals surface area contributed by atoms with E-state index < -0.39 is 0 Å². The van der Waals surface area contributed by atoms with Gasteiger partial charge in [0.2, 0.25) is 0 Å². The number of halogens is 2. The molecule has 13 heavy (non-hydrogen) atoms. The zero-order valence-corrected chi connectivity index (χ0v) is 10.2. The summed E-state index contributed by atoms with van der Waals surface area (Å²) in [6.45, 7) is 0. The van der Waals surface area contributed by atoms with Crippen molar-refractivity contribution in [3.05, 3.63) is 18.7 Å². The highest BCUT2D eigenvalue weighted by molar-refractivity contribution is 9.12. The van der Waals surface area contributed by atoms with Gasteiger partial charge in [0.15, 0.2) is 5.78 Å². The van der Waals surface area contributed by atoms with Crippen LogP contribution in [0.15, 0.2) is 12.7 Å². The van der Waals surface area contributed by atoms with E-state index in [1.165, 1.54) is 11.3 Å². The first-order valence-corrected chi connectivity index (χ1v) is 5.77. The second-order valence-corrected chi connectivity index (χ2v) is 6.20. The van der Waals surface area contributed by atoms with E-state index in [-0.39, 0.29) is 12.2 Å². The van der Waals surface area contributed by atoms with Crippen LogP contribution in [0.4, 0.5) is 0 Å². The Labute approximate surface area is 94.7 Å².